The van der Waals surface area contributed by atoms with Gasteiger partial charge in [-0.3, -0.25) is 0 Å². The minimum absolute atomic E-state index is 0.0540. The largest absolute Gasteiger partial charge is 0.506 e. The maximum Gasteiger partial charge on any atom is 0.170 e. The van der Waals surface area contributed by atoms with Crippen molar-refractivity contribution in [2.45, 2.75) is 12.2 Å². The van der Waals surface area contributed by atoms with Crippen LogP contribution in [-0.2, 0) is 0 Å². The quantitative estimate of drug-likeness (QED) is 0.694. The molecule has 1 aromatic rings. The van der Waals surface area contributed by atoms with Gasteiger partial charge in [0.2, 0.25) is 0 Å². The van der Waals surface area contributed by atoms with E-state index in [2.05, 4.69) is 0 Å². The maximum absolute atomic E-state index is 9.47. The number of hydrogen-bond donors (Lipinski definition) is 3. The fourth-order valence-electron chi connectivity index (χ4n) is 1.05. The number of aliphatic hydroxyl groups is 2. The van der Waals surface area contributed by atoms with Crippen LogP contribution in [0.25, 0.3) is 0 Å². The summed E-state index contributed by atoms with van der Waals surface area (Å²) in [4.78, 5) is 0. The highest BCUT2D eigenvalue weighted by molar-refractivity contribution is 6.35. The summed E-state index contributed by atoms with van der Waals surface area (Å²) in [5, 5.41) is 36.5. The Morgan fingerprint density at radius 3 is 2.40 bits per heavy atom. The van der Waals surface area contributed by atoms with Crippen molar-refractivity contribution in [2.24, 2.45) is 0 Å². The first-order chi connectivity index (χ1) is 6.97. The summed E-state index contributed by atoms with van der Waals surface area (Å²) in [6.07, 6.45) is -3.20. The van der Waals surface area contributed by atoms with E-state index in [-0.39, 0.29) is 15.6 Å². The number of nitriles is 1. The molecule has 2 unspecified atom stereocenters. The van der Waals surface area contributed by atoms with Gasteiger partial charge in [-0.05, 0) is 12.1 Å². The number of rotatable bonds is 2. The van der Waals surface area contributed by atoms with Gasteiger partial charge in [-0.25, -0.2) is 0 Å². The van der Waals surface area contributed by atoms with E-state index in [1.165, 1.54) is 18.2 Å². The lowest BCUT2D eigenvalue weighted by atomic mass is 10.0. The van der Waals surface area contributed by atoms with E-state index in [0.717, 1.165) is 0 Å². The molecular formula is C9H7Cl2NO3. The molecule has 0 aliphatic rings. The van der Waals surface area contributed by atoms with Crippen LogP contribution in [0.3, 0.4) is 0 Å². The highest BCUT2D eigenvalue weighted by Gasteiger charge is 2.22. The van der Waals surface area contributed by atoms with E-state index in [4.69, 9.17) is 33.6 Å². The second-order valence-electron chi connectivity index (χ2n) is 2.84. The van der Waals surface area contributed by atoms with E-state index in [1.54, 1.807) is 0 Å². The third-order valence-corrected chi connectivity index (χ3v) is 2.31. The first-order valence-corrected chi connectivity index (χ1v) is 4.66. The Hall–Kier alpha value is -0.990. The van der Waals surface area contributed by atoms with Crippen LogP contribution in [0.4, 0.5) is 0 Å². The molecule has 0 bridgehead atoms. The molecule has 0 radical (unpaired) electrons. The molecular weight excluding hydrogens is 241 g/mol. The average molecular weight is 248 g/mol. The molecule has 0 spiro atoms. The highest BCUT2D eigenvalue weighted by Crippen LogP contribution is 2.35. The zero-order chi connectivity index (χ0) is 11.6. The minimum Gasteiger partial charge on any atom is -0.506 e. The molecule has 3 N–H and O–H groups in total. The zero-order valence-electron chi connectivity index (χ0n) is 7.35. The Kier molecular flexibility index (Phi) is 3.77. The van der Waals surface area contributed by atoms with Gasteiger partial charge < -0.3 is 15.3 Å². The number of halogens is 2. The fraction of sp³-hybridized carbons (Fsp3) is 0.222. The second kappa shape index (κ2) is 4.69. The number of aliphatic hydroxyl groups excluding tert-OH is 2. The number of nitrogens with zero attached hydrogens (tertiary/aromatic N) is 1. The molecule has 0 saturated carbocycles. The Labute approximate surface area is 95.9 Å². The van der Waals surface area contributed by atoms with Gasteiger partial charge in [-0.1, -0.05) is 23.2 Å². The van der Waals surface area contributed by atoms with Gasteiger partial charge in [0.25, 0.3) is 0 Å². The monoisotopic (exact) mass is 247 g/mol. The van der Waals surface area contributed by atoms with Gasteiger partial charge in [0.1, 0.15) is 11.9 Å². The van der Waals surface area contributed by atoms with Crippen molar-refractivity contribution in [3.05, 3.63) is 27.7 Å². The summed E-state index contributed by atoms with van der Waals surface area (Å²) >= 11 is 11.2. The zero-order valence-corrected chi connectivity index (χ0v) is 8.87. The molecule has 1 aromatic carbocycles. The molecule has 0 saturated heterocycles. The third kappa shape index (κ3) is 2.52. The molecule has 15 heavy (non-hydrogen) atoms. The van der Waals surface area contributed by atoms with Gasteiger partial charge in [0.05, 0.1) is 11.1 Å². The SMILES string of the molecule is N#CC(O)C(O)c1cc(Cl)cc(Cl)c1O. The van der Waals surface area contributed by atoms with Crippen LogP contribution in [0.2, 0.25) is 10.0 Å². The summed E-state index contributed by atoms with van der Waals surface area (Å²) in [6, 6.07) is 3.95. The van der Waals surface area contributed by atoms with Gasteiger partial charge in [0.15, 0.2) is 6.10 Å². The van der Waals surface area contributed by atoms with Crippen molar-refractivity contribution < 1.29 is 15.3 Å². The van der Waals surface area contributed by atoms with E-state index >= 15 is 0 Å². The number of hydrogen-bond acceptors (Lipinski definition) is 4. The standard InChI is InChI=1S/C9H7Cl2NO3/c10-4-1-5(8(14)6(11)2-4)9(15)7(13)3-12/h1-2,7,9,13-15H. The van der Waals surface area contributed by atoms with Crippen LogP contribution >= 0.6 is 23.2 Å². The van der Waals surface area contributed by atoms with Crippen LogP contribution in [0.15, 0.2) is 12.1 Å². The molecule has 4 nitrogen and oxygen atoms in total. The Bertz CT molecular complexity index is 417. The van der Waals surface area contributed by atoms with E-state index in [1.807, 2.05) is 0 Å². The lowest BCUT2D eigenvalue weighted by Gasteiger charge is -2.14. The van der Waals surface area contributed by atoms with Crippen LogP contribution in [0.1, 0.15) is 11.7 Å². The van der Waals surface area contributed by atoms with Crippen molar-refractivity contribution in [3.63, 3.8) is 0 Å². The normalized spacial score (nSPS) is 14.3. The average Bonchev–Trinajstić information content (AvgIpc) is 2.21. The van der Waals surface area contributed by atoms with Crippen molar-refractivity contribution in [2.75, 3.05) is 0 Å². The summed E-state index contributed by atoms with van der Waals surface area (Å²) < 4.78 is 0. The van der Waals surface area contributed by atoms with E-state index in [9.17, 15) is 10.2 Å². The van der Waals surface area contributed by atoms with Crippen molar-refractivity contribution in [1.82, 2.24) is 0 Å². The molecule has 1 rings (SSSR count). The first kappa shape index (κ1) is 12.1. The Balaban J connectivity index is 3.20. The number of aromatic hydroxyl groups is 1. The first-order valence-electron chi connectivity index (χ1n) is 3.91. The molecule has 0 aromatic heterocycles. The number of benzene rings is 1. The summed E-state index contributed by atoms with van der Waals surface area (Å²) in [7, 11) is 0. The Morgan fingerprint density at radius 2 is 1.87 bits per heavy atom. The highest BCUT2D eigenvalue weighted by atomic mass is 35.5. The third-order valence-electron chi connectivity index (χ3n) is 1.81. The second-order valence-corrected chi connectivity index (χ2v) is 3.69. The van der Waals surface area contributed by atoms with Crippen LogP contribution in [0, 0.1) is 11.3 Å². The summed E-state index contributed by atoms with van der Waals surface area (Å²) in [5.41, 5.74) is -0.0819. The van der Waals surface area contributed by atoms with Crippen molar-refractivity contribution in [1.29, 1.82) is 5.26 Å². The van der Waals surface area contributed by atoms with Gasteiger partial charge in [-0.15, -0.1) is 0 Å². The topological polar surface area (TPSA) is 84.5 Å². The lowest BCUT2D eigenvalue weighted by Crippen LogP contribution is -2.15. The van der Waals surface area contributed by atoms with Crippen LogP contribution < -0.4 is 0 Å². The maximum atomic E-state index is 9.47. The van der Waals surface area contributed by atoms with Crippen LogP contribution in [0.5, 0.6) is 5.75 Å². The smallest absolute Gasteiger partial charge is 0.170 e. The molecule has 0 heterocycles. The van der Waals surface area contributed by atoms with Gasteiger partial charge in [0, 0.05) is 10.6 Å². The fourth-order valence-corrected chi connectivity index (χ4v) is 1.56. The van der Waals surface area contributed by atoms with E-state index in [0.29, 0.717) is 0 Å². The molecule has 6 heteroatoms. The molecule has 2 atom stereocenters. The van der Waals surface area contributed by atoms with Gasteiger partial charge >= 0.3 is 0 Å². The molecule has 0 aliphatic heterocycles. The van der Waals surface area contributed by atoms with Gasteiger partial charge in [-0.2, -0.15) is 5.26 Å². The van der Waals surface area contributed by atoms with E-state index < -0.39 is 18.0 Å². The molecule has 0 amide bonds. The van der Waals surface area contributed by atoms with Crippen LogP contribution in [-0.4, -0.2) is 21.4 Å². The molecule has 0 fully saturated rings. The predicted molar refractivity (Wildman–Crippen MR) is 54.7 cm³/mol. The summed E-state index contributed by atoms with van der Waals surface area (Å²) in [5.74, 6) is -0.400. The van der Waals surface area contributed by atoms with Crippen molar-refractivity contribution in [3.8, 4) is 11.8 Å². The molecule has 80 valence electrons. The summed E-state index contributed by atoms with van der Waals surface area (Å²) in [6.45, 7) is 0. The number of phenolic OH excluding ortho intramolecular Hbond substituents is 1. The number of phenols is 1. The minimum atomic E-state index is -1.65. The predicted octanol–water partition coefficient (Wildman–Crippen LogP) is 1.62. The lowest BCUT2D eigenvalue weighted by molar-refractivity contribution is 0.0511. The van der Waals surface area contributed by atoms with Crippen molar-refractivity contribution >= 4 is 23.2 Å². The molecule has 0 aliphatic carbocycles. The Morgan fingerprint density at radius 1 is 1.27 bits per heavy atom.